The zero-order chi connectivity index (χ0) is 39.7. The third kappa shape index (κ3) is 8.66. The molecule has 0 aromatic rings. The molecule has 6 aliphatic rings. The second-order valence-corrected chi connectivity index (χ2v) is 17.0. The highest BCUT2D eigenvalue weighted by atomic mass is 16.7. The van der Waals surface area contributed by atoms with E-state index in [-0.39, 0.29) is 18.3 Å². The first-order chi connectivity index (χ1) is 25.6. The molecule has 0 amide bonds. The third-order valence-corrected chi connectivity index (χ3v) is 13.8. The highest BCUT2D eigenvalue weighted by molar-refractivity contribution is 5.37. The summed E-state index contributed by atoms with van der Waals surface area (Å²) in [6, 6.07) is 0. The van der Waals surface area contributed by atoms with Crippen LogP contribution in [-0.2, 0) is 28.5 Å². The maximum absolute atomic E-state index is 11.2. The van der Waals surface area contributed by atoms with Crippen molar-refractivity contribution < 1.29 is 84.7 Å². The minimum absolute atomic E-state index is 0.0484. The zero-order valence-corrected chi connectivity index (χ0v) is 31.4. The molecule has 0 aromatic heterocycles. The van der Waals surface area contributed by atoms with Gasteiger partial charge in [0.2, 0.25) is 6.29 Å². The standard InChI is InChI=1S/C30H52O10.C7H12O7/c1-4-30(11-19-17-7-5-6-15(2)16(17)8-9-29(19,3)14-30)40-28-18(23(33)25(35)22(13-32)39-28)10-20-24(34)27(37)26(36)21(12-31)38-20;8-1-3-4(10)5(11)6(12)7(14-3)13-2-9/h15-28,31-37H,4-14H2,1-3H3;2-8,10-12H,1H2/t15-,16+,17?,18?,19-,20?,21?,22?,23?,24?,25?,26?,27?,28?,29+,30?;/m0./s1. The number of ether oxygens (including phenoxy) is 5. The van der Waals surface area contributed by atoms with Gasteiger partial charge in [0.15, 0.2) is 6.29 Å². The molecule has 314 valence electrons. The summed E-state index contributed by atoms with van der Waals surface area (Å²) >= 11 is 0. The Labute approximate surface area is 315 Å². The maximum Gasteiger partial charge on any atom is 0.295 e. The van der Waals surface area contributed by atoms with Crippen molar-refractivity contribution in [3.8, 4) is 0 Å². The van der Waals surface area contributed by atoms with Crippen LogP contribution in [0.5, 0.6) is 0 Å². The largest absolute Gasteiger partial charge is 0.435 e. The molecule has 3 saturated heterocycles. The monoisotopic (exact) mass is 780 g/mol. The molecule has 17 heteroatoms. The van der Waals surface area contributed by atoms with E-state index in [4.69, 9.17) is 24.1 Å². The Balaban J connectivity index is 0.000000338. The number of fused-ring (bicyclic) bond motifs is 3. The van der Waals surface area contributed by atoms with Gasteiger partial charge in [-0.1, -0.05) is 33.6 Å². The van der Waals surface area contributed by atoms with E-state index in [1.807, 2.05) is 0 Å². The molecule has 0 aromatic carbocycles. The van der Waals surface area contributed by atoms with Crippen LogP contribution in [0.25, 0.3) is 0 Å². The average molecular weight is 781 g/mol. The summed E-state index contributed by atoms with van der Waals surface area (Å²) in [5.41, 5.74) is -0.362. The van der Waals surface area contributed by atoms with Gasteiger partial charge in [-0.25, -0.2) is 0 Å². The molecular formula is C37H64O17. The van der Waals surface area contributed by atoms with E-state index in [1.165, 1.54) is 25.7 Å². The van der Waals surface area contributed by atoms with Crippen LogP contribution < -0.4 is 0 Å². The summed E-state index contributed by atoms with van der Waals surface area (Å²) in [5, 5.41) is 109. The Bertz CT molecular complexity index is 1200. The fourth-order valence-electron chi connectivity index (χ4n) is 10.6. The molecule has 21 atom stereocenters. The van der Waals surface area contributed by atoms with Gasteiger partial charge in [0.25, 0.3) is 6.47 Å². The van der Waals surface area contributed by atoms with Crippen LogP contribution in [0.15, 0.2) is 0 Å². The zero-order valence-electron chi connectivity index (χ0n) is 31.4. The SMILES string of the molecule is CCC1(OC2OC(CO)C(O)C(O)C2CC2OC(CO)C(O)C(O)C2O)C[C@H]2C3CCC[C@H](C)[C@H]3CC[C@]2(C)C1.O=COC1OC(CO)C(O)C(O)C1O. The predicted molar refractivity (Wildman–Crippen MR) is 185 cm³/mol. The second kappa shape index (κ2) is 18.2. The summed E-state index contributed by atoms with van der Waals surface area (Å²) < 4.78 is 27.9. The molecule has 0 spiro atoms. The molecule has 6 fully saturated rings. The topological polar surface area (TPSA) is 286 Å². The highest BCUT2D eigenvalue weighted by Crippen LogP contribution is 2.64. The first-order valence-corrected chi connectivity index (χ1v) is 19.6. The number of aliphatic hydroxyl groups excluding tert-OH is 11. The minimum Gasteiger partial charge on any atom is -0.435 e. The van der Waals surface area contributed by atoms with Gasteiger partial charge in [-0.3, -0.25) is 4.79 Å². The van der Waals surface area contributed by atoms with Crippen molar-refractivity contribution >= 4 is 6.47 Å². The summed E-state index contributed by atoms with van der Waals surface area (Å²) in [7, 11) is 0. The Kier molecular flexibility index (Phi) is 14.8. The van der Waals surface area contributed by atoms with Crippen LogP contribution in [-0.4, -0.2) is 174 Å². The van der Waals surface area contributed by atoms with Gasteiger partial charge in [-0.2, -0.15) is 0 Å². The molecule has 3 saturated carbocycles. The molecule has 3 aliphatic heterocycles. The first kappa shape index (κ1) is 44.0. The average Bonchev–Trinajstić information content (AvgIpc) is 3.48. The fourth-order valence-corrected chi connectivity index (χ4v) is 10.6. The lowest BCUT2D eigenvalue weighted by molar-refractivity contribution is -0.323. The van der Waals surface area contributed by atoms with E-state index in [2.05, 4.69) is 25.5 Å². The number of carbonyl (C=O) groups excluding carboxylic acids is 1. The van der Waals surface area contributed by atoms with Gasteiger partial charge in [0.05, 0.1) is 37.6 Å². The van der Waals surface area contributed by atoms with Gasteiger partial charge >= 0.3 is 0 Å². The lowest BCUT2D eigenvalue weighted by Gasteiger charge is -2.50. The molecule has 3 heterocycles. The Hall–Kier alpha value is -1.13. The van der Waals surface area contributed by atoms with Crippen molar-refractivity contribution in [1.82, 2.24) is 0 Å². The van der Waals surface area contributed by atoms with Crippen molar-refractivity contribution in [3.05, 3.63) is 0 Å². The summed E-state index contributed by atoms with van der Waals surface area (Å²) in [6.45, 7) is 5.36. The van der Waals surface area contributed by atoms with Crippen molar-refractivity contribution in [2.45, 2.75) is 170 Å². The van der Waals surface area contributed by atoms with E-state index in [9.17, 15) is 55.9 Å². The molecule has 0 bridgehead atoms. The molecule has 54 heavy (non-hydrogen) atoms. The molecule has 3 aliphatic carbocycles. The van der Waals surface area contributed by atoms with E-state index in [1.54, 1.807) is 0 Å². The smallest absolute Gasteiger partial charge is 0.295 e. The summed E-state index contributed by atoms with van der Waals surface area (Å²) in [4.78, 5) is 9.98. The number of aliphatic hydroxyl groups is 11. The van der Waals surface area contributed by atoms with Crippen LogP contribution in [0.3, 0.4) is 0 Å². The van der Waals surface area contributed by atoms with E-state index < -0.39 is 117 Å². The second-order valence-electron chi connectivity index (χ2n) is 17.0. The molecule has 0 radical (unpaired) electrons. The Morgan fingerprint density at radius 2 is 1.24 bits per heavy atom. The Morgan fingerprint density at radius 3 is 1.83 bits per heavy atom. The van der Waals surface area contributed by atoms with Gasteiger partial charge in [0.1, 0.15) is 61.0 Å². The Morgan fingerprint density at radius 1 is 0.685 bits per heavy atom. The number of carbonyl (C=O) groups is 1. The van der Waals surface area contributed by atoms with Crippen molar-refractivity contribution in [2.24, 2.45) is 35.0 Å². The number of hydrogen-bond acceptors (Lipinski definition) is 17. The van der Waals surface area contributed by atoms with Gasteiger partial charge in [0, 0.05) is 5.92 Å². The maximum atomic E-state index is 11.2. The predicted octanol–water partition coefficient (Wildman–Crippen LogP) is -2.34. The fraction of sp³-hybridized carbons (Fsp3) is 0.973. The summed E-state index contributed by atoms with van der Waals surface area (Å²) in [5.74, 6) is 1.85. The van der Waals surface area contributed by atoms with Crippen LogP contribution >= 0.6 is 0 Å². The van der Waals surface area contributed by atoms with E-state index in [0.717, 1.165) is 37.5 Å². The van der Waals surface area contributed by atoms with E-state index >= 15 is 0 Å². The van der Waals surface area contributed by atoms with Crippen LogP contribution in [0, 0.1) is 35.0 Å². The molecular weight excluding hydrogens is 716 g/mol. The van der Waals surface area contributed by atoms with Crippen LogP contribution in [0.1, 0.15) is 78.6 Å². The molecule has 17 unspecified atom stereocenters. The lowest BCUT2D eigenvalue weighted by atomic mass is 9.55. The van der Waals surface area contributed by atoms with Gasteiger partial charge in [-0.15, -0.1) is 0 Å². The van der Waals surface area contributed by atoms with Crippen molar-refractivity contribution in [2.75, 3.05) is 19.8 Å². The third-order valence-electron chi connectivity index (χ3n) is 13.8. The van der Waals surface area contributed by atoms with Gasteiger partial charge < -0.3 is 79.9 Å². The van der Waals surface area contributed by atoms with Gasteiger partial charge in [-0.05, 0) is 74.0 Å². The van der Waals surface area contributed by atoms with Crippen LogP contribution in [0.2, 0.25) is 0 Å². The van der Waals surface area contributed by atoms with E-state index in [0.29, 0.717) is 11.8 Å². The van der Waals surface area contributed by atoms with Crippen molar-refractivity contribution in [1.29, 1.82) is 0 Å². The molecule has 6 rings (SSSR count). The quantitative estimate of drug-likeness (QED) is 0.104. The highest BCUT2D eigenvalue weighted by Gasteiger charge is 2.60. The lowest BCUT2D eigenvalue weighted by Crippen LogP contribution is -2.62. The summed E-state index contributed by atoms with van der Waals surface area (Å²) in [6.07, 6.45) is -9.62. The molecule has 11 N–H and O–H groups in total. The van der Waals surface area contributed by atoms with Crippen LogP contribution in [0.4, 0.5) is 0 Å². The molecule has 17 nitrogen and oxygen atoms in total. The number of hydrogen-bond donors (Lipinski definition) is 11. The number of rotatable bonds is 10. The minimum atomic E-state index is -1.54. The normalized spacial score (nSPS) is 52.0. The first-order valence-electron chi connectivity index (χ1n) is 19.6. The van der Waals surface area contributed by atoms with Crippen molar-refractivity contribution in [3.63, 3.8) is 0 Å².